The quantitative estimate of drug-likeness (QED) is 0.875. The lowest BCUT2D eigenvalue weighted by molar-refractivity contribution is -0.133. The number of para-hydroxylation sites is 1. The molecule has 2 aromatic rings. The lowest BCUT2D eigenvalue weighted by atomic mass is 9.98. The second-order valence-electron chi connectivity index (χ2n) is 6.19. The van der Waals surface area contributed by atoms with E-state index in [4.69, 9.17) is 4.74 Å². The SMILES string of the molecule is C=CN1CCc2c([nH]c3ccccc23)/C(C(=O)OC)=C\C(CC)C1. The van der Waals surface area contributed by atoms with Crippen LogP contribution < -0.4 is 0 Å². The third-order valence-electron chi connectivity index (χ3n) is 4.79. The summed E-state index contributed by atoms with van der Waals surface area (Å²) in [6, 6.07) is 8.19. The van der Waals surface area contributed by atoms with Gasteiger partial charge in [-0.2, -0.15) is 0 Å². The summed E-state index contributed by atoms with van der Waals surface area (Å²) in [7, 11) is 1.44. The number of fused-ring (bicyclic) bond motifs is 3. The molecule has 0 spiro atoms. The second kappa shape index (κ2) is 6.95. The highest BCUT2D eigenvalue weighted by Crippen LogP contribution is 2.31. The van der Waals surface area contributed by atoms with Crippen LogP contribution in [-0.4, -0.2) is 36.1 Å². The number of hydrogen-bond acceptors (Lipinski definition) is 3. The van der Waals surface area contributed by atoms with E-state index in [9.17, 15) is 4.79 Å². The number of carbonyl (C=O) groups is 1. The van der Waals surface area contributed by atoms with Crippen molar-refractivity contribution in [2.75, 3.05) is 20.2 Å². The molecule has 1 N–H and O–H groups in total. The molecule has 1 atom stereocenters. The average molecular weight is 324 g/mol. The number of carbonyl (C=O) groups excluding carboxylic acids is 1. The maximum absolute atomic E-state index is 12.5. The first-order chi connectivity index (χ1) is 11.7. The molecule has 2 heterocycles. The van der Waals surface area contributed by atoms with Gasteiger partial charge in [-0.25, -0.2) is 4.79 Å². The number of H-pyrrole nitrogens is 1. The molecule has 24 heavy (non-hydrogen) atoms. The van der Waals surface area contributed by atoms with Gasteiger partial charge in [0.15, 0.2) is 0 Å². The molecular formula is C20H24N2O2. The molecule has 0 saturated heterocycles. The number of nitrogens with one attached hydrogen (secondary N) is 1. The zero-order valence-corrected chi connectivity index (χ0v) is 14.3. The summed E-state index contributed by atoms with van der Waals surface area (Å²) in [4.78, 5) is 18.1. The van der Waals surface area contributed by atoms with Crippen molar-refractivity contribution in [2.45, 2.75) is 19.8 Å². The van der Waals surface area contributed by atoms with Gasteiger partial charge in [-0.05, 0) is 36.6 Å². The van der Waals surface area contributed by atoms with Crippen LogP contribution in [-0.2, 0) is 16.0 Å². The van der Waals surface area contributed by atoms with E-state index in [1.807, 2.05) is 24.4 Å². The van der Waals surface area contributed by atoms with Gasteiger partial charge >= 0.3 is 5.97 Å². The zero-order chi connectivity index (χ0) is 17.1. The number of hydrogen-bond donors (Lipinski definition) is 1. The van der Waals surface area contributed by atoms with Gasteiger partial charge in [0, 0.05) is 24.0 Å². The van der Waals surface area contributed by atoms with Crippen LogP contribution in [0, 0.1) is 5.92 Å². The molecule has 0 amide bonds. The molecule has 1 aromatic carbocycles. The minimum absolute atomic E-state index is 0.273. The Kier molecular flexibility index (Phi) is 4.74. The van der Waals surface area contributed by atoms with E-state index in [0.29, 0.717) is 5.57 Å². The summed E-state index contributed by atoms with van der Waals surface area (Å²) in [5.41, 5.74) is 3.76. The second-order valence-corrected chi connectivity index (χ2v) is 6.19. The summed E-state index contributed by atoms with van der Waals surface area (Å²) < 4.78 is 5.06. The predicted octanol–water partition coefficient (Wildman–Crippen LogP) is 3.75. The maximum atomic E-state index is 12.5. The first-order valence-corrected chi connectivity index (χ1v) is 8.44. The van der Waals surface area contributed by atoms with Gasteiger partial charge in [0.1, 0.15) is 0 Å². The number of methoxy groups -OCH3 is 1. The smallest absolute Gasteiger partial charge is 0.339 e. The Hall–Kier alpha value is -2.49. The molecular weight excluding hydrogens is 300 g/mol. The van der Waals surface area contributed by atoms with Gasteiger partial charge in [-0.3, -0.25) is 0 Å². The van der Waals surface area contributed by atoms with Crippen LogP contribution in [0.5, 0.6) is 0 Å². The van der Waals surface area contributed by atoms with Crippen molar-refractivity contribution in [3.05, 3.63) is 54.4 Å². The van der Waals surface area contributed by atoms with Crippen molar-refractivity contribution in [3.8, 4) is 0 Å². The molecule has 0 saturated carbocycles. The van der Waals surface area contributed by atoms with E-state index in [1.54, 1.807) is 0 Å². The molecule has 1 unspecified atom stereocenters. The first-order valence-electron chi connectivity index (χ1n) is 8.44. The fraction of sp³-hybridized carbons (Fsp3) is 0.350. The Balaban J connectivity index is 2.21. The van der Waals surface area contributed by atoms with Gasteiger partial charge in [0.05, 0.1) is 18.4 Å². The van der Waals surface area contributed by atoms with Gasteiger partial charge < -0.3 is 14.6 Å². The van der Waals surface area contributed by atoms with Crippen molar-refractivity contribution in [2.24, 2.45) is 5.92 Å². The molecule has 126 valence electrons. The maximum Gasteiger partial charge on any atom is 0.339 e. The van der Waals surface area contributed by atoms with Crippen molar-refractivity contribution >= 4 is 22.4 Å². The van der Waals surface area contributed by atoms with Crippen LogP contribution in [0.1, 0.15) is 24.6 Å². The van der Waals surface area contributed by atoms with E-state index in [2.05, 4.69) is 35.5 Å². The molecule has 4 heteroatoms. The van der Waals surface area contributed by atoms with Crippen molar-refractivity contribution in [3.63, 3.8) is 0 Å². The number of ether oxygens (including phenoxy) is 1. The average Bonchev–Trinajstić information content (AvgIpc) is 3.00. The summed E-state index contributed by atoms with van der Waals surface area (Å²) in [5, 5.41) is 1.17. The van der Waals surface area contributed by atoms with E-state index < -0.39 is 0 Å². The fourth-order valence-corrected chi connectivity index (χ4v) is 3.40. The number of aromatic amines is 1. The molecule has 4 nitrogen and oxygen atoms in total. The number of aromatic nitrogens is 1. The van der Waals surface area contributed by atoms with E-state index in [1.165, 1.54) is 18.1 Å². The highest BCUT2D eigenvalue weighted by atomic mass is 16.5. The predicted molar refractivity (Wildman–Crippen MR) is 97.5 cm³/mol. The van der Waals surface area contributed by atoms with Gasteiger partial charge in [0.25, 0.3) is 0 Å². The summed E-state index contributed by atoms with van der Waals surface area (Å²) in [6.45, 7) is 7.83. The third kappa shape index (κ3) is 2.96. The first kappa shape index (κ1) is 16.4. The van der Waals surface area contributed by atoms with E-state index in [-0.39, 0.29) is 11.9 Å². The lowest BCUT2D eigenvalue weighted by Gasteiger charge is -2.23. The Morgan fingerprint density at radius 2 is 2.25 bits per heavy atom. The number of nitrogens with zero attached hydrogens (tertiary/aromatic N) is 1. The largest absolute Gasteiger partial charge is 0.465 e. The lowest BCUT2D eigenvalue weighted by Crippen LogP contribution is -2.25. The number of rotatable bonds is 3. The summed E-state index contributed by atoms with van der Waals surface area (Å²) >= 11 is 0. The normalized spacial score (nSPS) is 20.3. The molecule has 0 fully saturated rings. The van der Waals surface area contributed by atoms with Gasteiger partial charge in [-0.1, -0.05) is 37.8 Å². The Bertz CT molecular complexity index is 788. The van der Waals surface area contributed by atoms with Crippen molar-refractivity contribution in [1.29, 1.82) is 0 Å². The van der Waals surface area contributed by atoms with Crippen molar-refractivity contribution in [1.82, 2.24) is 9.88 Å². The summed E-state index contributed by atoms with van der Waals surface area (Å²) in [6.07, 6.45) is 5.77. The molecule has 1 aliphatic heterocycles. The Labute approximate surface area is 142 Å². The standard InChI is InChI=1S/C20H24N2O2/c1-4-14-12-17(20(23)24-3)19-16(10-11-22(5-2)13-14)15-8-6-7-9-18(15)21-19/h5-9,12,14,21H,2,4,10-11,13H2,1,3H3/b17-12+. The van der Waals surface area contributed by atoms with Crippen molar-refractivity contribution < 1.29 is 9.53 Å². The topological polar surface area (TPSA) is 45.3 Å². The van der Waals surface area contributed by atoms with Crippen LogP contribution >= 0.6 is 0 Å². The number of benzene rings is 1. The molecule has 0 bridgehead atoms. The minimum atomic E-state index is -0.284. The van der Waals surface area contributed by atoms with Crippen LogP contribution in [0.4, 0.5) is 0 Å². The molecule has 0 aliphatic carbocycles. The zero-order valence-electron chi connectivity index (χ0n) is 14.3. The Morgan fingerprint density at radius 1 is 1.46 bits per heavy atom. The van der Waals surface area contributed by atoms with Gasteiger partial charge in [0.2, 0.25) is 0 Å². The van der Waals surface area contributed by atoms with Crippen LogP contribution in [0.3, 0.4) is 0 Å². The summed E-state index contributed by atoms with van der Waals surface area (Å²) in [5.74, 6) is -0.0113. The highest BCUT2D eigenvalue weighted by Gasteiger charge is 2.24. The highest BCUT2D eigenvalue weighted by molar-refractivity contribution is 6.17. The molecule has 1 aromatic heterocycles. The van der Waals surface area contributed by atoms with Crippen LogP contribution in [0.2, 0.25) is 0 Å². The monoisotopic (exact) mass is 324 g/mol. The van der Waals surface area contributed by atoms with Crippen LogP contribution in [0.15, 0.2) is 43.1 Å². The van der Waals surface area contributed by atoms with E-state index in [0.717, 1.165) is 37.1 Å². The van der Waals surface area contributed by atoms with Crippen LogP contribution in [0.25, 0.3) is 16.5 Å². The molecule has 1 aliphatic rings. The third-order valence-corrected chi connectivity index (χ3v) is 4.79. The Morgan fingerprint density at radius 3 is 2.96 bits per heavy atom. The number of esters is 1. The molecule has 0 radical (unpaired) electrons. The fourth-order valence-electron chi connectivity index (χ4n) is 3.40. The van der Waals surface area contributed by atoms with E-state index >= 15 is 0 Å². The van der Waals surface area contributed by atoms with Gasteiger partial charge in [-0.15, -0.1) is 0 Å². The minimum Gasteiger partial charge on any atom is -0.465 e. The molecule has 3 rings (SSSR count).